The van der Waals surface area contributed by atoms with E-state index in [4.69, 9.17) is 4.74 Å². The van der Waals surface area contributed by atoms with Crippen molar-refractivity contribution < 1.29 is 28.7 Å². The van der Waals surface area contributed by atoms with Gasteiger partial charge < -0.3 is 20.7 Å². The van der Waals surface area contributed by atoms with Gasteiger partial charge in [-0.15, -0.1) is 11.8 Å². The van der Waals surface area contributed by atoms with E-state index in [1.165, 1.54) is 29.6 Å². The Hall–Kier alpha value is -3.12. The van der Waals surface area contributed by atoms with E-state index in [9.17, 15) is 24.0 Å². The number of aromatic nitrogens is 1. The Morgan fingerprint density at radius 3 is 2.61 bits per heavy atom. The van der Waals surface area contributed by atoms with E-state index in [1.807, 2.05) is 13.2 Å². The highest BCUT2D eigenvalue weighted by molar-refractivity contribution is 8.13. The molecule has 2 heterocycles. The number of hydrogen-bond donors (Lipinski definition) is 3. The number of pyridine rings is 1. The van der Waals surface area contributed by atoms with Crippen molar-refractivity contribution in [2.45, 2.75) is 83.4 Å². The monoisotopic (exact) mass is 604 g/mol. The van der Waals surface area contributed by atoms with Gasteiger partial charge in [-0.2, -0.15) is 0 Å². The highest BCUT2D eigenvalue weighted by Crippen LogP contribution is 2.20. The van der Waals surface area contributed by atoms with Crippen molar-refractivity contribution in [3.8, 4) is 0 Å². The van der Waals surface area contributed by atoms with Crippen molar-refractivity contribution in [2.75, 3.05) is 12.0 Å². The molecule has 2 bridgehead atoms. The summed E-state index contributed by atoms with van der Waals surface area (Å²) in [6, 6.07) is 2.25. The first kappa shape index (κ1) is 34.1. The van der Waals surface area contributed by atoms with Gasteiger partial charge in [0, 0.05) is 17.1 Å². The molecule has 0 radical (unpaired) electrons. The van der Waals surface area contributed by atoms with Crippen LogP contribution in [-0.2, 0) is 30.5 Å². The fourth-order valence-electron chi connectivity index (χ4n) is 3.78. The van der Waals surface area contributed by atoms with E-state index < -0.39 is 29.9 Å². The smallest absolute Gasteiger partial charge is 0.329 e. The molecule has 1 aromatic rings. The molecule has 0 aliphatic carbocycles. The van der Waals surface area contributed by atoms with Crippen LogP contribution >= 0.6 is 23.5 Å². The van der Waals surface area contributed by atoms with Gasteiger partial charge in [0.1, 0.15) is 23.5 Å². The normalized spacial score (nSPS) is 20.1. The molecule has 0 saturated carbocycles. The number of amides is 3. The van der Waals surface area contributed by atoms with Crippen LogP contribution in [0.5, 0.6) is 0 Å². The number of esters is 1. The maximum absolute atomic E-state index is 13.2. The first-order chi connectivity index (χ1) is 19.6. The van der Waals surface area contributed by atoms with Crippen molar-refractivity contribution in [3.63, 3.8) is 0 Å². The zero-order chi connectivity index (χ0) is 30.4. The number of thioether (sulfide) groups is 2. The molecule has 2 atom stereocenters. The Kier molecular flexibility index (Phi) is 14.7. The lowest BCUT2D eigenvalue weighted by Gasteiger charge is -2.24. The van der Waals surface area contributed by atoms with E-state index in [1.54, 1.807) is 45.1 Å². The Labute approximate surface area is 250 Å². The summed E-state index contributed by atoms with van der Waals surface area (Å²) in [5, 5.41) is 8.15. The van der Waals surface area contributed by atoms with E-state index in [0.29, 0.717) is 24.3 Å². The molecule has 1 aliphatic rings. The number of nitrogens with zero attached hydrogens (tertiary/aromatic N) is 1. The molecular formula is C29H40N4O6S2. The Morgan fingerprint density at radius 2 is 1.95 bits per heavy atom. The summed E-state index contributed by atoms with van der Waals surface area (Å²) >= 11 is 2.68. The van der Waals surface area contributed by atoms with Crippen LogP contribution < -0.4 is 16.0 Å². The van der Waals surface area contributed by atoms with Gasteiger partial charge in [-0.25, -0.2) is 9.78 Å². The van der Waals surface area contributed by atoms with Gasteiger partial charge in [-0.3, -0.25) is 19.2 Å². The molecule has 0 fully saturated rings. The first-order valence-corrected chi connectivity index (χ1v) is 15.9. The first-order valence-electron chi connectivity index (χ1n) is 13.7. The van der Waals surface area contributed by atoms with E-state index >= 15 is 0 Å². The second kappa shape index (κ2) is 17.6. The Bertz CT molecular complexity index is 1170. The third kappa shape index (κ3) is 11.3. The largest absolute Gasteiger partial charge is 0.456 e. The fourth-order valence-corrected chi connectivity index (χ4v) is 5.11. The van der Waals surface area contributed by atoms with Crippen molar-refractivity contribution >= 4 is 52.3 Å². The van der Waals surface area contributed by atoms with Gasteiger partial charge in [0.25, 0.3) is 11.8 Å². The lowest BCUT2D eigenvalue weighted by Crippen LogP contribution is -2.48. The van der Waals surface area contributed by atoms with Crippen molar-refractivity contribution in [2.24, 2.45) is 5.92 Å². The summed E-state index contributed by atoms with van der Waals surface area (Å²) in [5.74, 6) is -2.10. The molecule has 3 amide bonds. The number of carbonyl (C=O) groups excluding carboxylic acids is 5. The minimum Gasteiger partial charge on any atom is -0.456 e. The van der Waals surface area contributed by atoms with Crippen LogP contribution in [0.1, 0.15) is 76.0 Å². The molecule has 10 nitrogen and oxygen atoms in total. The summed E-state index contributed by atoms with van der Waals surface area (Å²) in [4.78, 5) is 69.1. The van der Waals surface area contributed by atoms with E-state index in [0.717, 1.165) is 17.7 Å². The average molecular weight is 605 g/mol. The summed E-state index contributed by atoms with van der Waals surface area (Å²) < 4.78 is 5.70. The zero-order valence-electron chi connectivity index (χ0n) is 24.3. The molecule has 41 heavy (non-hydrogen) atoms. The molecule has 0 aromatic carbocycles. The summed E-state index contributed by atoms with van der Waals surface area (Å²) in [5.41, 5.74) is 0.539. The van der Waals surface area contributed by atoms with Crippen LogP contribution in [0.4, 0.5) is 0 Å². The predicted molar refractivity (Wildman–Crippen MR) is 161 cm³/mol. The number of nitrogens with one attached hydrogen (secondary N) is 3. The maximum atomic E-state index is 13.2. The SMILES string of the molecule is C/C=C1\NC(=O)c2ccc(SC)c(n2)CNC(=O)C[C@@H](/C=C/CCSC(=O)CCCC)OC(=O)[C@H](C(C)C)NC1=O. The fraction of sp³-hybridized carbons (Fsp3) is 0.517. The van der Waals surface area contributed by atoms with Gasteiger partial charge in [0.05, 0.1) is 18.7 Å². The van der Waals surface area contributed by atoms with Crippen LogP contribution in [0.2, 0.25) is 0 Å². The Balaban J connectivity index is 2.31. The molecule has 0 saturated heterocycles. The molecule has 12 heteroatoms. The van der Waals surface area contributed by atoms with Crippen LogP contribution in [0.3, 0.4) is 0 Å². The summed E-state index contributed by atoms with van der Waals surface area (Å²) in [6.07, 6.45) is 8.60. The molecule has 224 valence electrons. The molecule has 0 spiro atoms. The van der Waals surface area contributed by atoms with Crippen molar-refractivity contribution in [1.82, 2.24) is 20.9 Å². The second-order valence-corrected chi connectivity index (χ2v) is 11.7. The van der Waals surface area contributed by atoms with Crippen LogP contribution in [-0.4, -0.2) is 57.9 Å². The van der Waals surface area contributed by atoms with Crippen LogP contribution in [0, 0.1) is 5.92 Å². The van der Waals surface area contributed by atoms with Crippen molar-refractivity contribution in [3.05, 3.63) is 47.4 Å². The molecule has 1 aromatic heterocycles. The molecule has 2 rings (SSSR count). The third-order valence-corrected chi connectivity index (χ3v) is 7.89. The lowest BCUT2D eigenvalue weighted by atomic mass is 10.0. The summed E-state index contributed by atoms with van der Waals surface area (Å²) in [7, 11) is 0. The topological polar surface area (TPSA) is 144 Å². The molecular weight excluding hydrogens is 564 g/mol. The standard InChI is InChI=1S/C29H40N4O6S2/c1-6-8-12-25(35)41-15-10-9-11-19-16-24(34)30-17-22-23(40-5)14-13-21(31-22)28(37)32-20(7-2)27(36)33-26(18(3)4)29(38)39-19/h7,9,11,13-14,18-19,26H,6,8,10,12,15-17H2,1-5H3,(H,30,34)(H,32,37)(H,33,36)/b11-9+,20-7-/t19-,26+/m1/s1. The molecule has 0 unspecified atom stereocenters. The van der Waals surface area contributed by atoms with Gasteiger partial charge in [0.2, 0.25) is 5.91 Å². The van der Waals surface area contributed by atoms with Crippen molar-refractivity contribution in [1.29, 1.82) is 0 Å². The van der Waals surface area contributed by atoms with Crippen LogP contribution in [0.25, 0.3) is 0 Å². The third-order valence-electron chi connectivity index (χ3n) is 6.11. The number of ether oxygens (including phenoxy) is 1. The van der Waals surface area contributed by atoms with Gasteiger partial charge in [-0.05, 0) is 50.1 Å². The number of cyclic esters (lactones) is 1. The number of unbranched alkanes of at least 4 members (excludes halogenated alkanes) is 1. The number of hydrogen-bond acceptors (Lipinski definition) is 9. The average Bonchev–Trinajstić information content (AvgIpc) is 2.94. The molecule has 3 N–H and O–H groups in total. The minimum absolute atomic E-state index is 0.0337. The van der Waals surface area contributed by atoms with Gasteiger partial charge >= 0.3 is 5.97 Å². The second-order valence-electron chi connectivity index (χ2n) is 9.69. The van der Waals surface area contributed by atoms with Crippen LogP contribution in [0.15, 0.2) is 41.0 Å². The number of rotatable bonds is 9. The number of carbonyl (C=O) groups is 5. The zero-order valence-corrected chi connectivity index (χ0v) is 25.9. The predicted octanol–water partition coefficient (Wildman–Crippen LogP) is 3.91. The highest BCUT2D eigenvalue weighted by atomic mass is 32.2. The number of allylic oxidation sites excluding steroid dienone is 2. The number of fused-ring (bicyclic) bond motifs is 2. The minimum atomic E-state index is -1.03. The Morgan fingerprint density at radius 1 is 1.20 bits per heavy atom. The van der Waals surface area contributed by atoms with Gasteiger partial charge in [0.15, 0.2) is 5.12 Å². The quantitative estimate of drug-likeness (QED) is 0.126. The molecule has 1 aliphatic heterocycles. The maximum Gasteiger partial charge on any atom is 0.329 e. The van der Waals surface area contributed by atoms with Gasteiger partial charge in [-0.1, -0.05) is 51.1 Å². The highest BCUT2D eigenvalue weighted by Gasteiger charge is 2.30. The summed E-state index contributed by atoms with van der Waals surface area (Å²) in [6.45, 7) is 7.19. The van der Waals surface area contributed by atoms with E-state index in [2.05, 4.69) is 20.9 Å². The van der Waals surface area contributed by atoms with E-state index in [-0.39, 0.29) is 41.3 Å². The lowest BCUT2D eigenvalue weighted by molar-refractivity contribution is -0.153.